The molecular formula is C67H45NOS. The highest BCUT2D eigenvalue weighted by Gasteiger charge is 2.38. The number of benzene rings is 11. The maximum Gasteiger partial charge on any atom is 0.135 e. The third-order valence-electron chi connectivity index (χ3n) is 14.1. The molecule has 11 aromatic carbocycles. The van der Waals surface area contributed by atoms with Crippen molar-refractivity contribution in [1.29, 1.82) is 0 Å². The minimum absolute atomic E-state index is 0.501. The molecule has 0 spiro atoms. The first-order chi connectivity index (χ1) is 34.7. The van der Waals surface area contributed by atoms with E-state index in [0.29, 0.717) is 0 Å². The van der Waals surface area contributed by atoms with Crippen molar-refractivity contribution in [3.63, 3.8) is 0 Å². The molecule has 0 bridgehead atoms. The summed E-state index contributed by atoms with van der Waals surface area (Å²) < 4.78 is 8.84. The van der Waals surface area contributed by atoms with Crippen LogP contribution in [0.5, 0.6) is 0 Å². The molecular weight excluding hydrogens is 867 g/mol. The van der Waals surface area contributed by atoms with Crippen molar-refractivity contribution >= 4 is 70.5 Å². The van der Waals surface area contributed by atoms with Gasteiger partial charge in [0.25, 0.3) is 0 Å². The topological polar surface area (TPSA) is 16.4 Å². The van der Waals surface area contributed by atoms with Gasteiger partial charge in [0.05, 0.1) is 5.41 Å². The molecule has 0 aliphatic heterocycles. The molecule has 0 fully saturated rings. The van der Waals surface area contributed by atoms with Crippen LogP contribution >= 0.6 is 11.3 Å². The van der Waals surface area contributed by atoms with Crippen LogP contribution in [0.25, 0.3) is 75.5 Å². The van der Waals surface area contributed by atoms with Crippen molar-refractivity contribution in [2.24, 2.45) is 0 Å². The zero-order valence-electron chi connectivity index (χ0n) is 38.2. The quantitative estimate of drug-likeness (QED) is 0.127. The summed E-state index contributed by atoms with van der Waals surface area (Å²) in [5.41, 5.74) is 16.5. The highest BCUT2D eigenvalue weighted by atomic mass is 32.1. The third kappa shape index (κ3) is 7.10. The van der Waals surface area contributed by atoms with Gasteiger partial charge < -0.3 is 9.32 Å². The van der Waals surface area contributed by atoms with Crippen LogP contribution in [0.1, 0.15) is 22.3 Å². The van der Waals surface area contributed by atoms with E-state index in [1.807, 2.05) is 23.5 Å². The third-order valence-corrected chi connectivity index (χ3v) is 15.3. The molecule has 2 nitrogen and oxygen atoms in total. The van der Waals surface area contributed by atoms with Gasteiger partial charge in [0.1, 0.15) is 11.2 Å². The number of furan rings is 1. The van der Waals surface area contributed by atoms with Crippen molar-refractivity contribution in [3.05, 3.63) is 295 Å². The van der Waals surface area contributed by atoms with Gasteiger partial charge in [-0.15, -0.1) is 11.3 Å². The Morgan fingerprint density at radius 2 is 0.786 bits per heavy atom. The van der Waals surface area contributed by atoms with Gasteiger partial charge in [-0.25, -0.2) is 0 Å². The minimum Gasteiger partial charge on any atom is -0.456 e. The maximum absolute atomic E-state index is 6.21. The summed E-state index contributed by atoms with van der Waals surface area (Å²) in [5, 5.41) is 4.86. The summed E-state index contributed by atoms with van der Waals surface area (Å²) in [4.78, 5) is 2.37. The van der Waals surface area contributed by atoms with Crippen LogP contribution in [0.2, 0.25) is 0 Å². The van der Waals surface area contributed by atoms with E-state index >= 15 is 0 Å². The average molecular weight is 912 g/mol. The SMILES string of the molecule is c1ccc(C(c2ccccc2)(c2ccccc2)c2ccc(-c3ccc(N(c4ccc(-c5cccc6c5sc5ccccc56)cc4)c4cccc(-c5ccc6oc7ccccc7c6c5)c4)cc3)cc2)cc1. The molecule has 3 heteroatoms. The number of para-hydroxylation sites is 1. The summed E-state index contributed by atoms with van der Waals surface area (Å²) in [7, 11) is 0. The first-order valence-corrected chi connectivity index (χ1v) is 24.7. The zero-order chi connectivity index (χ0) is 46.4. The van der Waals surface area contributed by atoms with E-state index in [0.717, 1.165) is 61.3 Å². The van der Waals surface area contributed by atoms with Crippen LogP contribution in [0.3, 0.4) is 0 Å². The maximum atomic E-state index is 6.21. The van der Waals surface area contributed by atoms with E-state index in [4.69, 9.17) is 4.42 Å². The van der Waals surface area contributed by atoms with E-state index in [9.17, 15) is 0 Å². The summed E-state index contributed by atoms with van der Waals surface area (Å²) >= 11 is 1.87. The van der Waals surface area contributed by atoms with Crippen molar-refractivity contribution in [1.82, 2.24) is 0 Å². The fourth-order valence-corrected chi connectivity index (χ4v) is 12.0. The molecule has 2 heterocycles. The van der Waals surface area contributed by atoms with Crippen LogP contribution in [0, 0.1) is 0 Å². The number of thiophene rings is 1. The molecule has 0 unspecified atom stereocenters. The number of fused-ring (bicyclic) bond motifs is 6. The molecule has 330 valence electrons. The van der Waals surface area contributed by atoms with E-state index in [1.165, 1.54) is 53.6 Å². The molecule has 0 radical (unpaired) electrons. The second kappa shape index (κ2) is 17.4. The van der Waals surface area contributed by atoms with Crippen LogP contribution in [0.15, 0.2) is 277 Å². The Labute approximate surface area is 411 Å². The average Bonchev–Trinajstić information content (AvgIpc) is 4.01. The lowest BCUT2D eigenvalue weighted by Gasteiger charge is -2.37. The second-order valence-electron chi connectivity index (χ2n) is 18.0. The van der Waals surface area contributed by atoms with Gasteiger partial charge >= 0.3 is 0 Å². The first kappa shape index (κ1) is 41.4. The normalized spacial score (nSPS) is 11.7. The summed E-state index contributed by atoms with van der Waals surface area (Å²) in [5.74, 6) is 0. The molecule has 0 saturated carbocycles. The summed E-state index contributed by atoms with van der Waals surface area (Å²) in [6.45, 7) is 0. The Bertz CT molecular complexity index is 3870. The molecule has 0 aliphatic carbocycles. The van der Waals surface area contributed by atoms with E-state index in [-0.39, 0.29) is 0 Å². The fourth-order valence-electron chi connectivity index (χ4n) is 10.7. The molecule has 13 aromatic rings. The first-order valence-electron chi connectivity index (χ1n) is 23.9. The van der Waals surface area contributed by atoms with E-state index < -0.39 is 5.41 Å². The largest absolute Gasteiger partial charge is 0.456 e. The van der Waals surface area contributed by atoms with Crippen molar-refractivity contribution < 1.29 is 4.42 Å². The Morgan fingerprint density at radius 1 is 0.300 bits per heavy atom. The molecule has 70 heavy (non-hydrogen) atoms. The van der Waals surface area contributed by atoms with Gasteiger partial charge in [0.2, 0.25) is 0 Å². The van der Waals surface area contributed by atoms with Gasteiger partial charge in [-0.2, -0.15) is 0 Å². The van der Waals surface area contributed by atoms with Gasteiger partial charge in [0, 0.05) is 48.0 Å². The van der Waals surface area contributed by atoms with Crippen LogP contribution in [-0.4, -0.2) is 0 Å². The molecule has 0 amide bonds. The summed E-state index contributed by atoms with van der Waals surface area (Å²) in [6, 6.07) is 99.2. The predicted molar refractivity (Wildman–Crippen MR) is 296 cm³/mol. The van der Waals surface area contributed by atoms with E-state index in [1.54, 1.807) is 0 Å². The van der Waals surface area contributed by atoms with Crippen molar-refractivity contribution in [3.8, 4) is 33.4 Å². The predicted octanol–water partition coefficient (Wildman–Crippen LogP) is 18.8. The molecule has 13 rings (SSSR count). The summed E-state index contributed by atoms with van der Waals surface area (Å²) in [6.07, 6.45) is 0. The lowest BCUT2D eigenvalue weighted by Crippen LogP contribution is -2.30. The lowest BCUT2D eigenvalue weighted by molar-refractivity contribution is 0.669. The standard InChI is InChI=1S/C67H45NOS/c1-4-17-51(18-5-1)67(52-19-6-2-7-20-52,53-21-8-3-9-22-53)54-37-30-46(31-38-54)47-32-39-55(40-33-47)68(56-41-34-48(35-42-56)58-26-15-27-61-60-25-11-13-29-65(60)70-66(58)61)57-23-14-16-49(44-57)50-36-43-64-62(45-50)59-24-10-12-28-63(59)69-64/h1-45H. The number of anilines is 3. The van der Waals surface area contributed by atoms with Gasteiger partial charge in [0.15, 0.2) is 0 Å². The van der Waals surface area contributed by atoms with Gasteiger partial charge in [-0.1, -0.05) is 212 Å². The monoisotopic (exact) mass is 911 g/mol. The molecule has 0 saturated heterocycles. The number of hydrogen-bond donors (Lipinski definition) is 0. The number of nitrogens with zero attached hydrogens (tertiary/aromatic N) is 1. The van der Waals surface area contributed by atoms with Gasteiger partial charge in [-0.3, -0.25) is 0 Å². The fraction of sp³-hybridized carbons (Fsp3) is 0.0149. The Hall–Kier alpha value is -8.76. The molecule has 0 N–H and O–H groups in total. The lowest BCUT2D eigenvalue weighted by atomic mass is 9.65. The highest BCUT2D eigenvalue weighted by molar-refractivity contribution is 7.26. The van der Waals surface area contributed by atoms with Crippen molar-refractivity contribution in [2.45, 2.75) is 5.41 Å². The van der Waals surface area contributed by atoms with Crippen molar-refractivity contribution in [2.75, 3.05) is 4.90 Å². The molecule has 0 aliphatic rings. The van der Waals surface area contributed by atoms with Crippen LogP contribution in [-0.2, 0) is 5.41 Å². The zero-order valence-corrected chi connectivity index (χ0v) is 39.1. The smallest absolute Gasteiger partial charge is 0.135 e. The molecule has 0 atom stereocenters. The number of rotatable bonds is 10. The Balaban J connectivity index is 0.893. The minimum atomic E-state index is -0.501. The molecule has 2 aromatic heterocycles. The number of hydrogen-bond acceptors (Lipinski definition) is 3. The highest BCUT2D eigenvalue weighted by Crippen LogP contribution is 2.47. The Kier molecular flexibility index (Phi) is 10.3. The van der Waals surface area contributed by atoms with Gasteiger partial charge in [-0.05, 0) is 116 Å². The Morgan fingerprint density at radius 3 is 1.44 bits per heavy atom. The van der Waals surface area contributed by atoms with Crippen LogP contribution in [0.4, 0.5) is 17.1 Å². The van der Waals surface area contributed by atoms with Crippen LogP contribution < -0.4 is 4.90 Å². The van der Waals surface area contributed by atoms with E-state index in [2.05, 4.69) is 266 Å². The second-order valence-corrected chi connectivity index (χ2v) is 19.0.